The molecule has 0 aliphatic heterocycles. The number of benzene rings is 2. The Hall–Kier alpha value is -2.82. The molecule has 0 saturated heterocycles. The van der Waals surface area contributed by atoms with E-state index in [2.05, 4.69) is 10.6 Å². The lowest BCUT2D eigenvalue weighted by Crippen LogP contribution is -2.29. The molecular weight excluding hydrogens is 290 g/mol. The maximum atomic E-state index is 12.0. The lowest BCUT2D eigenvalue weighted by molar-refractivity contribution is -0.119. The smallest absolute Gasteiger partial charge is 0.249 e. The fraction of sp³-hybridized carbons (Fsp3) is 0.222. The van der Waals surface area contributed by atoms with Crippen LogP contribution in [0.3, 0.4) is 0 Å². The molecule has 0 aromatic heterocycles. The molecule has 2 rings (SSSR count). The molecule has 4 N–H and O–H groups in total. The van der Waals surface area contributed by atoms with E-state index in [1.54, 1.807) is 19.1 Å². The van der Waals surface area contributed by atoms with Crippen molar-refractivity contribution in [3.8, 4) is 0 Å². The van der Waals surface area contributed by atoms with Gasteiger partial charge in [-0.3, -0.25) is 9.59 Å². The van der Waals surface area contributed by atoms with Crippen molar-refractivity contribution in [2.75, 3.05) is 11.9 Å². The molecule has 2 aromatic rings. The summed E-state index contributed by atoms with van der Waals surface area (Å²) in [5.74, 6) is -0.590. The average molecular weight is 311 g/mol. The molecule has 0 spiro atoms. The van der Waals surface area contributed by atoms with Crippen LogP contribution in [0.2, 0.25) is 0 Å². The molecule has 0 heterocycles. The van der Waals surface area contributed by atoms with Gasteiger partial charge in [-0.15, -0.1) is 0 Å². The van der Waals surface area contributed by atoms with Gasteiger partial charge in [0, 0.05) is 17.8 Å². The van der Waals surface area contributed by atoms with Gasteiger partial charge >= 0.3 is 0 Å². The van der Waals surface area contributed by atoms with Gasteiger partial charge in [-0.1, -0.05) is 30.3 Å². The first-order chi connectivity index (χ1) is 11.0. The summed E-state index contributed by atoms with van der Waals surface area (Å²) in [6.07, 6.45) is 0. The van der Waals surface area contributed by atoms with Crippen LogP contribution in [0.15, 0.2) is 42.5 Å². The molecule has 2 amide bonds. The lowest BCUT2D eigenvalue weighted by Gasteiger charge is -2.12. The topological polar surface area (TPSA) is 84.2 Å². The fourth-order valence-electron chi connectivity index (χ4n) is 2.33. The molecule has 5 nitrogen and oxygen atoms in total. The van der Waals surface area contributed by atoms with Crippen LogP contribution in [-0.4, -0.2) is 18.4 Å². The Morgan fingerprint density at radius 1 is 1.04 bits per heavy atom. The summed E-state index contributed by atoms with van der Waals surface area (Å²) in [7, 11) is 0. The van der Waals surface area contributed by atoms with E-state index in [1.165, 1.54) is 0 Å². The number of nitrogens with one attached hydrogen (secondary N) is 2. The number of hydrogen-bond acceptors (Lipinski definition) is 3. The van der Waals surface area contributed by atoms with Crippen LogP contribution >= 0.6 is 0 Å². The van der Waals surface area contributed by atoms with Crippen LogP contribution in [-0.2, 0) is 11.3 Å². The van der Waals surface area contributed by atoms with Crippen LogP contribution in [0.25, 0.3) is 0 Å². The molecule has 0 aliphatic rings. The molecular formula is C18H21N3O2. The van der Waals surface area contributed by atoms with Crippen LogP contribution in [0.4, 0.5) is 5.69 Å². The van der Waals surface area contributed by atoms with E-state index in [-0.39, 0.29) is 12.5 Å². The van der Waals surface area contributed by atoms with Crippen molar-refractivity contribution in [1.82, 2.24) is 5.32 Å². The number of carbonyl (C=O) groups is 2. The Labute approximate surface area is 135 Å². The predicted octanol–water partition coefficient (Wildman–Crippen LogP) is 2.13. The molecule has 0 bridgehead atoms. The lowest BCUT2D eigenvalue weighted by atomic mass is 10.1. The number of amides is 2. The van der Waals surface area contributed by atoms with Gasteiger partial charge < -0.3 is 16.4 Å². The molecule has 0 radical (unpaired) electrons. The van der Waals surface area contributed by atoms with Gasteiger partial charge in [0.05, 0.1) is 6.54 Å². The van der Waals surface area contributed by atoms with Gasteiger partial charge in [-0.05, 0) is 42.7 Å². The molecule has 0 unspecified atom stereocenters. The van der Waals surface area contributed by atoms with E-state index in [4.69, 9.17) is 5.73 Å². The van der Waals surface area contributed by atoms with E-state index >= 15 is 0 Å². The van der Waals surface area contributed by atoms with Gasteiger partial charge in [0.2, 0.25) is 11.8 Å². The molecule has 23 heavy (non-hydrogen) atoms. The third-order valence-electron chi connectivity index (χ3n) is 3.78. The average Bonchev–Trinajstić information content (AvgIpc) is 2.53. The van der Waals surface area contributed by atoms with Crippen LogP contribution in [0, 0.1) is 13.8 Å². The summed E-state index contributed by atoms with van der Waals surface area (Å²) < 4.78 is 0. The van der Waals surface area contributed by atoms with Crippen molar-refractivity contribution >= 4 is 17.5 Å². The number of nitrogens with two attached hydrogens (primary N) is 1. The summed E-state index contributed by atoms with van der Waals surface area (Å²) in [5.41, 5.74) is 9.48. The highest BCUT2D eigenvalue weighted by Gasteiger charge is 2.09. The number of hydrogen-bond donors (Lipinski definition) is 3. The first-order valence-electron chi connectivity index (χ1n) is 7.43. The highest BCUT2D eigenvalue weighted by atomic mass is 16.2. The second kappa shape index (κ2) is 7.45. The Balaban J connectivity index is 1.91. The maximum Gasteiger partial charge on any atom is 0.249 e. The fourth-order valence-corrected chi connectivity index (χ4v) is 2.33. The minimum Gasteiger partial charge on any atom is -0.376 e. The van der Waals surface area contributed by atoms with Crippen molar-refractivity contribution in [2.45, 2.75) is 20.4 Å². The summed E-state index contributed by atoms with van der Waals surface area (Å²) in [6, 6.07) is 13.1. The van der Waals surface area contributed by atoms with E-state index in [0.29, 0.717) is 12.1 Å². The molecule has 0 fully saturated rings. The Bertz CT molecular complexity index is 726. The second-order valence-corrected chi connectivity index (χ2v) is 5.40. The third-order valence-corrected chi connectivity index (χ3v) is 3.78. The Morgan fingerprint density at radius 2 is 1.78 bits per heavy atom. The Kier molecular flexibility index (Phi) is 5.36. The molecule has 0 atom stereocenters. The number of aryl methyl sites for hydroxylation is 1. The number of carbonyl (C=O) groups excluding carboxylic acids is 2. The second-order valence-electron chi connectivity index (χ2n) is 5.40. The first-order valence-corrected chi connectivity index (χ1v) is 7.43. The van der Waals surface area contributed by atoms with Gasteiger partial charge in [0.15, 0.2) is 0 Å². The molecule has 0 saturated carbocycles. The molecule has 2 aromatic carbocycles. The van der Waals surface area contributed by atoms with Crippen molar-refractivity contribution in [3.05, 3.63) is 64.7 Å². The van der Waals surface area contributed by atoms with Gasteiger partial charge in [0.1, 0.15) is 0 Å². The molecule has 120 valence electrons. The van der Waals surface area contributed by atoms with Crippen LogP contribution in [0.5, 0.6) is 0 Å². The van der Waals surface area contributed by atoms with Crippen molar-refractivity contribution < 1.29 is 9.59 Å². The molecule has 5 heteroatoms. The minimum absolute atomic E-state index is 0.114. The van der Waals surface area contributed by atoms with E-state index in [9.17, 15) is 9.59 Å². The van der Waals surface area contributed by atoms with Gasteiger partial charge in [-0.2, -0.15) is 0 Å². The number of rotatable bonds is 6. The number of primary amides is 1. The predicted molar refractivity (Wildman–Crippen MR) is 91.2 cm³/mol. The minimum atomic E-state index is -0.477. The normalized spacial score (nSPS) is 10.2. The van der Waals surface area contributed by atoms with Crippen molar-refractivity contribution in [2.24, 2.45) is 5.73 Å². The highest BCUT2D eigenvalue weighted by Crippen LogP contribution is 2.18. The monoisotopic (exact) mass is 311 g/mol. The quantitative estimate of drug-likeness (QED) is 0.764. The standard InChI is InChI=1S/C18H21N3O2/c1-12-6-3-4-7-14(12)10-21-17(22)11-20-16-9-5-8-15(13(16)2)18(19)23/h3-9,20H,10-11H2,1-2H3,(H2,19,23)(H,21,22). The van der Waals surface area contributed by atoms with E-state index in [1.807, 2.05) is 37.3 Å². The first kappa shape index (κ1) is 16.5. The Morgan fingerprint density at radius 3 is 2.48 bits per heavy atom. The number of anilines is 1. The summed E-state index contributed by atoms with van der Waals surface area (Å²) >= 11 is 0. The third kappa shape index (κ3) is 4.32. The van der Waals surface area contributed by atoms with Crippen molar-refractivity contribution in [1.29, 1.82) is 0 Å². The summed E-state index contributed by atoms with van der Waals surface area (Å²) in [5, 5.41) is 5.91. The zero-order valence-electron chi connectivity index (χ0n) is 13.3. The SMILES string of the molecule is Cc1ccccc1CNC(=O)CNc1cccc(C(N)=O)c1C. The zero-order valence-corrected chi connectivity index (χ0v) is 13.3. The zero-order chi connectivity index (χ0) is 16.8. The summed E-state index contributed by atoms with van der Waals surface area (Å²) in [6.45, 7) is 4.44. The maximum absolute atomic E-state index is 12.0. The van der Waals surface area contributed by atoms with E-state index in [0.717, 1.165) is 22.4 Å². The van der Waals surface area contributed by atoms with Gasteiger partial charge in [-0.25, -0.2) is 0 Å². The highest BCUT2D eigenvalue weighted by molar-refractivity contribution is 5.96. The van der Waals surface area contributed by atoms with Crippen LogP contribution < -0.4 is 16.4 Å². The molecule has 0 aliphatic carbocycles. The van der Waals surface area contributed by atoms with Crippen molar-refractivity contribution in [3.63, 3.8) is 0 Å². The summed E-state index contributed by atoms with van der Waals surface area (Å²) in [4.78, 5) is 23.3. The largest absolute Gasteiger partial charge is 0.376 e. The van der Waals surface area contributed by atoms with Crippen LogP contribution in [0.1, 0.15) is 27.0 Å². The van der Waals surface area contributed by atoms with E-state index < -0.39 is 5.91 Å². The van der Waals surface area contributed by atoms with Gasteiger partial charge in [0.25, 0.3) is 0 Å².